The Labute approximate surface area is 182 Å². The van der Waals surface area contributed by atoms with Crippen molar-refractivity contribution < 1.29 is 22.4 Å². The van der Waals surface area contributed by atoms with Crippen molar-refractivity contribution in [3.63, 3.8) is 0 Å². The summed E-state index contributed by atoms with van der Waals surface area (Å²) in [6.07, 6.45) is -0.731. The van der Waals surface area contributed by atoms with E-state index in [9.17, 15) is 22.4 Å². The molecule has 0 saturated carbocycles. The summed E-state index contributed by atoms with van der Waals surface area (Å²) in [5.41, 5.74) is 0.637. The van der Waals surface area contributed by atoms with Crippen molar-refractivity contribution in [2.75, 3.05) is 32.7 Å². The van der Waals surface area contributed by atoms with Crippen LogP contribution in [-0.4, -0.2) is 57.8 Å². The molecule has 0 radical (unpaired) electrons. The lowest BCUT2D eigenvalue weighted by Crippen LogP contribution is -2.49. The van der Waals surface area contributed by atoms with Crippen molar-refractivity contribution in [2.45, 2.75) is 19.3 Å². The SMILES string of the molecule is O=C(CN1CCN(Cc2cn3ccccc3n2)CC1)NCc1ccc(F)cc1C(F)(F)F. The first-order valence-corrected chi connectivity index (χ1v) is 10.3. The molecular formula is C22H23F4N5O. The van der Waals surface area contributed by atoms with E-state index in [0.29, 0.717) is 25.7 Å². The molecule has 32 heavy (non-hydrogen) atoms. The zero-order valence-electron chi connectivity index (χ0n) is 17.3. The number of rotatable bonds is 6. The van der Waals surface area contributed by atoms with E-state index in [2.05, 4.69) is 15.2 Å². The summed E-state index contributed by atoms with van der Waals surface area (Å²) in [6, 6.07) is 8.29. The summed E-state index contributed by atoms with van der Waals surface area (Å²) in [5, 5.41) is 2.51. The molecule has 0 unspecified atom stereocenters. The molecule has 1 amide bonds. The number of carbonyl (C=O) groups excluding carboxylic acids is 1. The fourth-order valence-electron chi connectivity index (χ4n) is 3.82. The Kier molecular flexibility index (Phi) is 6.43. The number of alkyl halides is 3. The van der Waals surface area contributed by atoms with E-state index in [4.69, 9.17) is 0 Å². The summed E-state index contributed by atoms with van der Waals surface area (Å²) in [7, 11) is 0. The number of piperazine rings is 1. The van der Waals surface area contributed by atoms with E-state index in [1.807, 2.05) is 39.9 Å². The van der Waals surface area contributed by atoms with E-state index < -0.39 is 17.6 Å². The molecule has 10 heteroatoms. The predicted molar refractivity (Wildman–Crippen MR) is 110 cm³/mol. The first kappa shape index (κ1) is 22.2. The van der Waals surface area contributed by atoms with Gasteiger partial charge in [-0.05, 0) is 29.8 Å². The largest absolute Gasteiger partial charge is 0.416 e. The van der Waals surface area contributed by atoms with E-state index >= 15 is 0 Å². The molecule has 1 aliphatic heterocycles. The highest BCUT2D eigenvalue weighted by Crippen LogP contribution is 2.32. The fraction of sp³-hybridized carbons (Fsp3) is 0.364. The van der Waals surface area contributed by atoms with Gasteiger partial charge in [0.15, 0.2) is 0 Å². The molecule has 170 valence electrons. The third kappa shape index (κ3) is 5.43. The maximum Gasteiger partial charge on any atom is 0.416 e. The third-order valence-electron chi connectivity index (χ3n) is 5.48. The predicted octanol–water partition coefficient (Wildman–Crippen LogP) is 2.93. The lowest BCUT2D eigenvalue weighted by Gasteiger charge is -2.33. The maximum atomic E-state index is 13.2. The van der Waals surface area contributed by atoms with Crippen LogP contribution in [0.4, 0.5) is 17.6 Å². The van der Waals surface area contributed by atoms with Crippen molar-refractivity contribution in [1.82, 2.24) is 24.5 Å². The van der Waals surface area contributed by atoms with Crippen LogP contribution in [0.1, 0.15) is 16.8 Å². The molecule has 3 heterocycles. The van der Waals surface area contributed by atoms with E-state index in [1.165, 1.54) is 0 Å². The van der Waals surface area contributed by atoms with Gasteiger partial charge in [-0.15, -0.1) is 0 Å². The van der Waals surface area contributed by atoms with Gasteiger partial charge < -0.3 is 9.72 Å². The second-order valence-electron chi connectivity index (χ2n) is 7.83. The number of fused-ring (bicyclic) bond motifs is 1. The van der Waals surface area contributed by atoms with Gasteiger partial charge >= 0.3 is 6.18 Å². The molecule has 2 aromatic heterocycles. The third-order valence-corrected chi connectivity index (χ3v) is 5.48. The number of carbonyl (C=O) groups is 1. The standard InChI is InChI=1S/C22H23F4N5O/c23-17-5-4-16(19(11-17)22(24,25)26)12-27-21(32)15-30-9-7-29(8-10-30)13-18-14-31-6-2-1-3-20(31)28-18/h1-6,11,14H,7-10,12-13,15H2,(H,27,32). The quantitative estimate of drug-likeness (QED) is 0.588. The molecule has 0 spiro atoms. The van der Waals surface area contributed by atoms with Gasteiger partial charge in [-0.1, -0.05) is 12.1 Å². The Morgan fingerprint density at radius 2 is 1.81 bits per heavy atom. The zero-order chi connectivity index (χ0) is 22.7. The Morgan fingerprint density at radius 1 is 1.06 bits per heavy atom. The highest BCUT2D eigenvalue weighted by atomic mass is 19.4. The van der Waals surface area contributed by atoms with Gasteiger partial charge in [-0.2, -0.15) is 13.2 Å². The van der Waals surface area contributed by atoms with Crippen LogP contribution in [0.5, 0.6) is 0 Å². The Balaban J connectivity index is 1.24. The van der Waals surface area contributed by atoms with Crippen LogP contribution < -0.4 is 5.32 Å². The number of hydrogen-bond donors (Lipinski definition) is 1. The highest BCUT2D eigenvalue weighted by molar-refractivity contribution is 5.78. The van der Waals surface area contributed by atoms with Gasteiger partial charge in [-0.25, -0.2) is 9.37 Å². The Bertz CT molecular complexity index is 1060. The van der Waals surface area contributed by atoms with Crippen molar-refractivity contribution in [3.8, 4) is 0 Å². The number of hydrogen-bond acceptors (Lipinski definition) is 4. The van der Waals surface area contributed by atoms with Crippen LogP contribution in [0.3, 0.4) is 0 Å². The molecule has 6 nitrogen and oxygen atoms in total. The number of nitrogens with zero attached hydrogens (tertiary/aromatic N) is 4. The summed E-state index contributed by atoms with van der Waals surface area (Å²) in [4.78, 5) is 21.1. The number of pyridine rings is 1. The van der Waals surface area contributed by atoms with E-state index in [0.717, 1.165) is 36.6 Å². The number of halogens is 4. The summed E-state index contributed by atoms with van der Waals surface area (Å²) in [6.45, 7) is 3.38. The topological polar surface area (TPSA) is 52.9 Å². The first-order valence-electron chi connectivity index (χ1n) is 10.3. The second kappa shape index (κ2) is 9.25. The normalized spacial score (nSPS) is 15.9. The van der Waals surface area contributed by atoms with Gasteiger partial charge in [0.05, 0.1) is 17.8 Å². The Morgan fingerprint density at radius 3 is 2.53 bits per heavy atom. The van der Waals surface area contributed by atoms with Crippen molar-refractivity contribution in [3.05, 3.63) is 71.4 Å². The van der Waals surface area contributed by atoms with Crippen LogP contribution >= 0.6 is 0 Å². The van der Waals surface area contributed by atoms with Crippen LogP contribution in [0, 0.1) is 5.82 Å². The van der Waals surface area contributed by atoms with Crippen molar-refractivity contribution >= 4 is 11.6 Å². The van der Waals surface area contributed by atoms with E-state index in [1.54, 1.807) is 0 Å². The molecule has 1 aromatic carbocycles. The molecule has 0 atom stereocenters. The molecule has 1 aliphatic rings. The van der Waals surface area contributed by atoms with Gasteiger partial charge in [0.25, 0.3) is 0 Å². The summed E-state index contributed by atoms with van der Waals surface area (Å²) >= 11 is 0. The van der Waals surface area contributed by atoms with E-state index in [-0.39, 0.29) is 24.6 Å². The molecule has 0 bridgehead atoms. The van der Waals surface area contributed by atoms with Gasteiger partial charge in [0, 0.05) is 51.7 Å². The average Bonchev–Trinajstić information content (AvgIpc) is 3.16. The van der Waals surface area contributed by atoms with Crippen LogP contribution in [0.2, 0.25) is 0 Å². The fourth-order valence-corrected chi connectivity index (χ4v) is 3.82. The van der Waals surface area contributed by atoms with Gasteiger partial charge in [-0.3, -0.25) is 14.6 Å². The van der Waals surface area contributed by atoms with Crippen molar-refractivity contribution in [1.29, 1.82) is 0 Å². The molecular weight excluding hydrogens is 426 g/mol. The number of imidazole rings is 1. The molecule has 4 rings (SSSR count). The highest BCUT2D eigenvalue weighted by Gasteiger charge is 2.33. The van der Waals surface area contributed by atoms with Gasteiger partial charge in [0.2, 0.25) is 5.91 Å². The maximum absolute atomic E-state index is 13.2. The minimum atomic E-state index is -4.68. The summed E-state index contributed by atoms with van der Waals surface area (Å²) < 4.78 is 54.4. The minimum Gasteiger partial charge on any atom is -0.351 e. The van der Waals surface area contributed by atoms with Crippen LogP contribution in [0.15, 0.2) is 48.8 Å². The second-order valence-corrected chi connectivity index (χ2v) is 7.83. The van der Waals surface area contributed by atoms with Crippen LogP contribution in [0.25, 0.3) is 5.65 Å². The molecule has 3 aromatic rings. The van der Waals surface area contributed by atoms with Crippen LogP contribution in [-0.2, 0) is 24.1 Å². The van der Waals surface area contributed by atoms with Crippen molar-refractivity contribution in [2.24, 2.45) is 0 Å². The summed E-state index contributed by atoms with van der Waals surface area (Å²) in [5.74, 6) is -1.33. The average molecular weight is 449 g/mol. The lowest BCUT2D eigenvalue weighted by atomic mass is 10.1. The number of benzene rings is 1. The monoisotopic (exact) mass is 449 g/mol. The number of aromatic nitrogens is 2. The Hall–Kier alpha value is -2.98. The minimum absolute atomic E-state index is 0.102. The molecule has 1 fully saturated rings. The first-order chi connectivity index (χ1) is 15.3. The number of nitrogens with one attached hydrogen (secondary N) is 1. The van der Waals surface area contributed by atoms with Gasteiger partial charge in [0.1, 0.15) is 11.5 Å². The smallest absolute Gasteiger partial charge is 0.351 e. The zero-order valence-corrected chi connectivity index (χ0v) is 17.3. The molecule has 1 N–H and O–H groups in total. The lowest BCUT2D eigenvalue weighted by molar-refractivity contribution is -0.138. The molecule has 0 aliphatic carbocycles. The number of amides is 1. The molecule has 1 saturated heterocycles.